The number of thiophene rings is 1. The van der Waals surface area contributed by atoms with Crippen molar-refractivity contribution in [3.8, 4) is 11.3 Å². The highest BCUT2D eigenvalue weighted by Gasteiger charge is 2.07. The number of H-pyrrole nitrogens is 1. The maximum Gasteiger partial charge on any atom is 0.345 e. The van der Waals surface area contributed by atoms with Crippen molar-refractivity contribution in [1.29, 1.82) is 0 Å². The molecule has 0 aliphatic carbocycles. The van der Waals surface area contributed by atoms with Crippen LogP contribution in [0, 0.1) is 0 Å². The van der Waals surface area contributed by atoms with E-state index in [1.165, 1.54) is 11.3 Å². The number of aromatic carboxylic acids is 1. The molecule has 0 unspecified atom stereocenters. The lowest BCUT2D eigenvalue weighted by Crippen LogP contribution is -1.89. The van der Waals surface area contributed by atoms with Gasteiger partial charge in [-0.3, -0.25) is 0 Å². The van der Waals surface area contributed by atoms with Crippen molar-refractivity contribution in [3.05, 3.63) is 34.7 Å². The van der Waals surface area contributed by atoms with Crippen LogP contribution in [-0.2, 0) is 0 Å². The van der Waals surface area contributed by atoms with Crippen LogP contribution in [0.3, 0.4) is 0 Å². The molecule has 2 aromatic rings. The topological polar surface area (TPSA) is 53.1 Å². The third kappa shape index (κ3) is 1.48. The molecule has 0 amide bonds. The van der Waals surface area contributed by atoms with E-state index in [9.17, 15) is 4.79 Å². The first-order chi connectivity index (χ1) is 6.27. The molecule has 0 atom stereocenters. The highest BCUT2D eigenvalue weighted by molar-refractivity contribution is 7.12. The van der Waals surface area contributed by atoms with Crippen molar-refractivity contribution in [2.24, 2.45) is 0 Å². The van der Waals surface area contributed by atoms with Gasteiger partial charge in [0.1, 0.15) is 4.88 Å². The minimum absolute atomic E-state index is 0.365. The van der Waals surface area contributed by atoms with Crippen molar-refractivity contribution < 1.29 is 9.90 Å². The summed E-state index contributed by atoms with van der Waals surface area (Å²) in [5.41, 5.74) is 1.87. The fourth-order valence-corrected chi connectivity index (χ4v) is 1.84. The molecule has 4 heteroatoms. The molecule has 0 saturated carbocycles. The van der Waals surface area contributed by atoms with Gasteiger partial charge < -0.3 is 10.1 Å². The molecular formula is C9H7NO2S. The molecule has 0 fully saturated rings. The van der Waals surface area contributed by atoms with E-state index in [0.29, 0.717) is 4.88 Å². The van der Waals surface area contributed by atoms with Gasteiger partial charge in [-0.05, 0) is 18.2 Å². The monoisotopic (exact) mass is 193 g/mol. The number of nitrogens with one attached hydrogen (secondary N) is 1. The minimum Gasteiger partial charge on any atom is -0.477 e. The van der Waals surface area contributed by atoms with Crippen LogP contribution in [-0.4, -0.2) is 16.1 Å². The van der Waals surface area contributed by atoms with E-state index in [2.05, 4.69) is 4.98 Å². The van der Waals surface area contributed by atoms with Crippen LogP contribution in [0.4, 0.5) is 0 Å². The number of rotatable bonds is 2. The molecular weight excluding hydrogens is 186 g/mol. The fourth-order valence-electron chi connectivity index (χ4n) is 1.10. The number of hydrogen-bond acceptors (Lipinski definition) is 2. The summed E-state index contributed by atoms with van der Waals surface area (Å²) in [5, 5.41) is 10.5. The molecule has 66 valence electrons. The predicted octanol–water partition coefficient (Wildman–Crippen LogP) is 2.44. The van der Waals surface area contributed by atoms with E-state index >= 15 is 0 Å². The molecule has 0 bridgehead atoms. The van der Waals surface area contributed by atoms with Gasteiger partial charge in [0.15, 0.2) is 0 Å². The first kappa shape index (κ1) is 8.07. The van der Waals surface area contributed by atoms with Gasteiger partial charge in [-0.2, -0.15) is 0 Å². The summed E-state index contributed by atoms with van der Waals surface area (Å²) in [6, 6.07) is 5.46. The lowest BCUT2D eigenvalue weighted by molar-refractivity contribution is 0.0702. The van der Waals surface area contributed by atoms with Gasteiger partial charge in [0, 0.05) is 22.8 Å². The van der Waals surface area contributed by atoms with E-state index in [-0.39, 0.29) is 0 Å². The summed E-state index contributed by atoms with van der Waals surface area (Å²) >= 11 is 1.24. The number of carboxylic acids is 1. The molecule has 0 spiro atoms. The molecule has 2 aromatic heterocycles. The number of aromatic amines is 1. The van der Waals surface area contributed by atoms with E-state index in [0.717, 1.165) is 11.3 Å². The highest BCUT2D eigenvalue weighted by atomic mass is 32.1. The summed E-state index contributed by atoms with van der Waals surface area (Å²) in [6.07, 6.45) is 1.81. The lowest BCUT2D eigenvalue weighted by Gasteiger charge is -1.88. The van der Waals surface area contributed by atoms with Crippen molar-refractivity contribution in [3.63, 3.8) is 0 Å². The van der Waals surface area contributed by atoms with Crippen molar-refractivity contribution in [1.82, 2.24) is 4.98 Å². The molecule has 0 aliphatic rings. The summed E-state index contributed by atoms with van der Waals surface area (Å²) in [5.74, 6) is -0.872. The average Bonchev–Trinajstić information content (AvgIpc) is 2.75. The van der Waals surface area contributed by atoms with Crippen molar-refractivity contribution >= 4 is 17.3 Å². The molecule has 0 saturated heterocycles. The Morgan fingerprint density at radius 2 is 2.38 bits per heavy atom. The Kier molecular flexibility index (Phi) is 1.90. The van der Waals surface area contributed by atoms with Crippen molar-refractivity contribution in [2.45, 2.75) is 0 Å². The third-order valence-electron chi connectivity index (χ3n) is 1.72. The Bertz CT molecular complexity index is 417. The van der Waals surface area contributed by atoms with Gasteiger partial charge in [0.2, 0.25) is 0 Å². The van der Waals surface area contributed by atoms with Crippen LogP contribution in [0.2, 0.25) is 0 Å². The molecule has 0 radical (unpaired) electrons. The summed E-state index contributed by atoms with van der Waals surface area (Å²) in [6.45, 7) is 0. The van der Waals surface area contributed by atoms with Crippen LogP contribution in [0.5, 0.6) is 0 Å². The molecule has 2 N–H and O–H groups in total. The zero-order chi connectivity index (χ0) is 9.26. The molecule has 2 rings (SSSR count). The Hall–Kier alpha value is -1.55. The highest BCUT2D eigenvalue weighted by Crippen LogP contribution is 2.23. The molecule has 0 aromatic carbocycles. The van der Waals surface area contributed by atoms with E-state index in [1.807, 2.05) is 23.7 Å². The summed E-state index contributed by atoms with van der Waals surface area (Å²) in [7, 11) is 0. The SMILES string of the molecule is O=C(O)c1cc(-c2ccc[nH]2)cs1. The first-order valence-electron chi connectivity index (χ1n) is 3.73. The number of carboxylic acid groups (broad SMARTS) is 1. The predicted molar refractivity (Wildman–Crippen MR) is 51.1 cm³/mol. The Balaban J connectivity index is 2.39. The van der Waals surface area contributed by atoms with Gasteiger partial charge >= 0.3 is 5.97 Å². The minimum atomic E-state index is -0.872. The number of carbonyl (C=O) groups is 1. The summed E-state index contributed by atoms with van der Waals surface area (Å²) in [4.78, 5) is 14.0. The van der Waals surface area contributed by atoms with Gasteiger partial charge in [-0.15, -0.1) is 11.3 Å². The van der Waals surface area contributed by atoms with Crippen LogP contribution in [0.1, 0.15) is 9.67 Å². The zero-order valence-corrected chi connectivity index (χ0v) is 7.47. The standard InChI is InChI=1S/C9H7NO2S/c11-9(12)8-4-6(5-13-8)7-2-1-3-10-7/h1-5,10H,(H,11,12). The van der Waals surface area contributed by atoms with Crippen LogP contribution in [0.25, 0.3) is 11.3 Å². The Labute approximate surface area is 78.7 Å². The Morgan fingerprint density at radius 3 is 2.92 bits per heavy atom. The molecule has 0 aliphatic heterocycles. The maximum atomic E-state index is 10.6. The first-order valence-corrected chi connectivity index (χ1v) is 4.61. The van der Waals surface area contributed by atoms with E-state index in [1.54, 1.807) is 6.07 Å². The smallest absolute Gasteiger partial charge is 0.345 e. The van der Waals surface area contributed by atoms with Gasteiger partial charge in [0.05, 0.1) is 0 Å². The largest absolute Gasteiger partial charge is 0.477 e. The number of aromatic nitrogens is 1. The second-order valence-corrected chi connectivity index (χ2v) is 3.50. The molecule has 13 heavy (non-hydrogen) atoms. The lowest BCUT2D eigenvalue weighted by atomic mass is 10.2. The van der Waals surface area contributed by atoms with E-state index < -0.39 is 5.97 Å². The second kappa shape index (κ2) is 3.06. The molecule has 3 nitrogen and oxygen atoms in total. The van der Waals surface area contributed by atoms with E-state index in [4.69, 9.17) is 5.11 Å². The van der Waals surface area contributed by atoms with Gasteiger partial charge in [-0.25, -0.2) is 4.79 Å². The molecule has 2 heterocycles. The third-order valence-corrected chi connectivity index (χ3v) is 2.64. The normalized spacial score (nSPS) is 10.2. The van der Waals surface area contributed by atoms with Crippen LogP contribution in [0.15, 0.2) is 29.8 Å². The van der Waals surface area contributed by atoms with Crippen LogP contribution >= 0.6 is 11.3 Å². The zero-order valence-electron chi connectivity index (χ0n) is 6.65. The Morgan fingerprint density at radius 1 is 1.54 bits per heavy atom. The second-order valence-electron chi connectivity index (χ2n) is 2.59. The number of hydrogen-bond donors (Lipinski definition) is 2. The van der Waals surface area contributed by atoms with Crippen molar-refractivity contribution in [2.75, 3.05) is 0 Å². The van der Waals surface area contributed by atoms with Crippen LogP contribution < -0.4 is 0 Å². The maximum absolute atomic E-state index is 10.6. The van der Waals surface area contributed by atoms with Gasteiger partial charge in [0.25, 0.3) is 0 Å². The van der Waals surface area contributed by atoms with Gasteiger partial charge in [-0.1, -0.05) is 0 Å². The average molecular weight is 193 g/mol. The summed E-state index contributed by atoms with van der Waals surface area (Å²) < 4.78 is 0. The fraction of sp³-hybridized carbons (Fsp3) is 0. The quantitative estimate of drug-likeness (QED) is 0.769.